The fourth-order valence-corrected chi connectivity index (χ4v) is 3.80. The highest BCUT2D eigenvalue weighted by molar-refractivity contribution is 5.87. The number of hydrogen-bond acceptors (Lipinski definition) is 5. The van der Waals surface area contributed by atoms with Gasteiger partial charge >= 0.3 is 0 Å². The summed E-state index contributed by atoms with van der Waals surface area (Å²) in [5.74, 6) is 0.680. The summed E-state index contributed by atoms with van der Waals surface area (Å²) in [4.78, 5) is 29.2. The molecule has 7 nitrogen and oxygen atoms in total. The average molecular weight is 426 g/mol. The Morgan fingerprint density at radius 2 is 1.72 bits per heavy atom. The van der Waals surface area contributed by atoms with Crippen LogP contribution < -0.4 is 10.5 Å². The Balaban J connectivity index is 0.00000300. The summed E-state index contributed by atoms with van der Waals surface area (Å²) >= 11 is 0. The standard InChI is InChI=1S/C21H31N3O4.ClH/c1-3-17-6-4-5-7-18(17)28-16(2)19(25)23-10-12-24(13-11-23)20(26)21(22)8-14-27-15-9-21;/h4-7,16H,3,8-15,22H2,1-2H3;1H. The molecular weight excluding hydrogens is 394 g/mol. The van der Waals surface area contributed by atoms with E-state index in [0.29, 0.717) is 52.2 Å². The number of hydrogen-bond donors (Lipinski definition) is 1. The van der Waals surface area contributed by atoms with E-state index in [1.54, 1.807) is 16.7 Å². The van der Waals surface area contributed by atoms with Crippen LogP contribution in [0.25, 0.3) is 0 Å². The summed E-state index contributed by atoms with van der Waals surface area (Å²) in [5.41, 5.74) is 6.57. The molecule has 1 aromatic rings. The second-order valence-electron chi connectivity index (χ2n) is 7.61. The van der Waals surface area contributed by atoms with Gasteiger partial charge in [0, 0.05) is 39.4 Å². The number of nitrogens with two attached hydrogens (primary N) is 1. The predicted octanol–water partition coefficient (Wildman–Crippen LogP) is 1.62. The van der Waals surface area contributed by atoms with E-state index in [-0.39, 0.29) is 24.2 Å². The van der Waals surface area contributed by atoms with E-state index in [2.05, 4.69) is 6.92 Å². The number of halogens is 1. The van der Waals surface area contributed by atoms with Crippen LogP contribution in [0, 0.1) is 0 Å². The van der Waals surface area contributed by atoms with Gasteiger partial charge in [-0.2, -0.15) is 0 Å². The number of carbonyl (C=O) groups excluding carboxylic acids is 2. The van der Waals surface area contributed by atoms with Crippen molar-refractivity contribution >= 4 is 24.2 Å². The first kappa shape index (κ1) is 23.4. The highest BCUT2D eigenvalue weighted by Gasteiger charge is 2.40. The number of amides is 2. The molecule has 2 saturated heterocycles. The minimum absolute atomic E-state index is 0. The van der Waals surface area contributed by atoms with Crippen molar-refractivity contribution in [3.63, 3.8) is 0 Å². The minimum atomic E-state index is -0.829. The Hall–Kier alpha value is -1.83. The molecule has 2 heterocycles. The Bertz CT molecular complexity index is 701. The average Bonchev–Trinajstić information content (AvgIpc) is 2.73. The van der Waals surface area contributed by atoms with E-state index in [0.717, 1.165) is 17.7 Å². The first-order valence-corrected chi connectivity index (χ1v) is 10.1. The number of aryl methyl sites for hydroxylation is 1. The maximum absolute atomic E-state index is 12.8. The molecule has 1 aromatic carbocycles. The highest BCUT2D eigenvalue weighted by Crippen LogP contribution is 2.23. The van der Waals surface area contributed by atoms with Gasteiger partial charge in [0.15, 0.2) is 6.10 Å². The Morgan fingerprint density at radius 3 is 2.34 bits per heavy atom. The largest absolute Gasteiger partial charge is 0.481 e. The molecule has 2 aliphatic heterocycles. The third-order valence-corrected chi connectivity index (χ3v) is 5.69. The molecule has 2 amide bonds. The molecule has 1 atom stereocenters. The van der Waals surface area contributed by atoms with Gasteiger partial charge in [-0.05, 0) is 37.8 Å². The monoisotopic (exact) mass is 425 g/mol. The van der Waals surface area contributed by atoms with Gasteiger partial charge in [0.05, 0.1) is 5.54 Å². The molecule has 2 N–H and O–H groups in total. The molecule has 2 fully saturated rings. The van der Waals surface area contributed by atoms with Crippen LogP contribution in [0.2, 0.25) is 0 Å². The van der Waals surface area contributed by atoms with E-state index in [1.807, 2.05) is 24.3 Å². The van der Waals surface area contributed by atoms with Gasteiger partial charge in [-0.15, -0.1) is 12.4 Å². The van der Waals surface area contributed by atoms with Gasteiger partial charge in [-0.25, -0.2) is 0 Å². The zero-order valence-corrected chi connectivity index (χ0v) is 18.1. The van der Waals surface area contributed by atoms with Gasteiger partial charge in [0.2, 0.25) is 5.91 Å². The van der Waals surface area contributed by atoms with Crippen molar-refractivity contribution < 1.29 is 19.1 Å². The molecule has 3 rings (SSSR count). The van der Waals surface area contributed by atoms with Crippen LogP contribution in [-0.2, 0) is 20.7 Å². The Labute approximate surface area is 178 Å². The van der Waals surface area contributed by atoms with E-state index in [9.17, 15) is 9.59 Å². The molecule has 0 aliphatic carbocycles. The summed E-state index contributed by atoms with van der Waals surface area (Å²) in [5, 5.41) is 0. The first-order valence-electron chi connectivity index (χ1n) is 10.1. The Kier molecular flexibility index (Phi) is 8.31. The number of rotatable bonds is 5. The molecule has 29 heavy (non-hydrogen) atoms. The summed E-state index contributed by atoms with van der Waals surface area (Å²) in [7, 11) is 0. The quantitative estimate of drug-likeness (QED) is 0.774. The fourth-order valence-electron chi connectivity index (χ4n) is 3.80. The second-order valence-corrected chi connectivity index (χ2v) is 7.61. The van der Waals surface area contributed by atoms with E-state index < -0.39 is 11.6 Å². The van der Waals surface area contributed by atoms with Gasteiger partial charge in [0.1, 0.15) is 5.75 Å². The molecule has 8 heteroatoms. The van der Waals surface area contributed by atoms with Crippen molar-refractivity contribution in [2.75, 3.05) is 39.4 Å². The maximum Gasteiger partial charge on any atom is 0.263 e. The molecule has 1 unspecified atom stereocenters. The highest BCUT2D eigenvalue weighted by atomic mass is 35.5. The van der Waals surface area contributed by atoms with Gasteiger partial charge in [-0.1, -0.05) is 25.1 Å². The molecule has 0 bridgehead atoms. The first-order chi connectivity index (χ1) is 13.4. The zero-order chi connectivity index (χ0) is 20.1. The van der Waals surface area contributed by atoms with E-state index in [1.165, 1.54) is 0 Å². The van der Waals surface area contributed by atoms with Gasteiger partial charge in [-0.3, -0.25) is 9.59 Å². The van der Waals surface area contributed by atoms with Crippen molar-refractivity contribution in [1.29, 1.82) is 0 Å². The van der Waals surface area contributed by atoms with Crippen LogP contribution in [0.1, 0.15) is 32.3 Å². The number of nitrogens with zero attached hydrogens (tertiary/aromatic N) is 2. The Morgan fingerprint density at radius 1 is 1.14 bits per heavy atom. The lowest BCUT2D eigenvalue weighted by molar-refractivity contribution is -0.147. The van der Waals surface area contributed by atoms with Gasteiger partial charge < -0.3 is 25.0 Å². The number of carbonyl (C=O) groups is 2. The molecule has 0 spiro atoms. The maximum atomic E-state index is 12.8. The normalized spacial score (nSPS) is 19.8. The van der Waals surface area contributed by atoms with Crippen LogP contribution in [0.4, 0.5) is 0 Å². The summed E-state index contributed by atoms with van der Waals surface area (Å²) in [6.45, 7) is 6.90. The molecule has 0 radical (unpaired) electrons. The predicted molar refractivity (Wildman–Crippen MR) is 113 cm³/mol. The molecule has 0 aromatic heterocycles. The number of piperazine rings is 1. The van der Waals surface area contributed by atoms with Crippen LogP contribution >= 0.6 is 12.4 Å². The van der Waals surface area contributed by atoms with Crippen molar-refractivity contribution in [3.05, 3.63) is 29.8 Å². The topological polar surface area (TPSA) is 85.1 Å². The van der Waals surface area contributed by atoms with Gasteiger partial charge in [0.25, 0.3) is 5.91 Å². The van der Waals surface area contributed by atoms with Crippen LogP contribution in [0.15, 0.2) is 24.3 Å². The van der Waals surface area contributed by atoms with E-state index >= 15 is 0 Å². The molecule has 2 aliphatic rings. The van der Waals surface area contributed by atoms with Crippen molar-refractivity contribution in [1.82, 2.24) is 9.80 Å². The SMILES string of the molecule is CCc1ccccc1OC(C)C(=O)N1CCN(C(=O)C2(N)CCOCC2)CC1.Cl. The summed E-state index contributed by atoms with van der Waals surface area (Å²) in [6.07, 6.45) is 1.38. The number of benzene rings is 1. The smallest absolute Gasteiger partial charge is 0.263 e. The second kappa shape index (κ2) is 10.3. The fraction of sp³-hybridized carbons (Fsp3) is 0.619. The third kappa shape index (κ3) is 5.41. The summed E-state index contributed by atoms with van der Waals surface area (Å²) < 4.78 is 11.3. The van der Waals surface area contributed by atoms with E-state index in [4.69, 9.17) is 15.2 Å². The molecule has 0 saturated carbocycles. The van der Waals surface area contributed by atoms with Crippen LogP contribution in [0.5, 0.6) is 5.75 Å². The van der Waals surface area contributed by atoms with Crippen LogP contribution in [0.3, 0.4) is 0 Å². The number of ether oxygens (including phenoxy) is 2. The molecule has 162 valence electrons. The lowest BCUT2D eigenvalue weighted by Gasteiger charge is -2.41. The lowest BCUT2D eigenvalue weighted by atomic mass is 9.89. The minimum Gasteiger partial charge on any atom is -0.481 e. The summed E-state index contributed by atoms with van der Waals surface area (Å²) in [6, 6.07) is 7.79. The molecular formula is C21H32ClN3O4. The van der Waals surface area contributed by atoms with Crippen molar-refractivity contribution in [2.24, 2.45) is 5.73 Å². The third-order valence-electron chi connectivity index (χ3n) is 5.69. The van der Waals surface area contributed by atoms with Crippen molar-refractivity contribution in [2.45, 2.75) is 44.8 Å². The number of para-hydroxylation sites is 1. The van der Waals surface area contributed by atoms with Crippen molar-refractivity contribution in [3.8, 4) is 5.75 Å². The van der Waals surface area contributed by atoms with Crippen LogP contribution in [-0.4, -0.2) is 72.6 Å². The zero-order valence-electron chi connectivity index (χ0n) is 17.3. The lowest BCUT2D eigenvalue weighted by Crippen LogP contribution is -2.62.